The van der Waals surface area contributed by atoms with Gasteiger partial charge in [0.05, 0.1) is 6.54 Å². The Hall–Kier alpha value is -2.01. The number of benzene rings is 1. The Labute approximate surface area is 144 Å². The molecule has 0 spiro atoms. The molecule has 0 saturated heterocycles. The van der Waals surface area contributed by atoms with Gasteiger partial charge in [-0.25, -0.2) is 4.79 Å². The van der Waals surface area contributed by atoms with Crippen LogP contribution in [0, 0.1) is 0 Å². The van der Waals surface area contributed by atoms with Gasteiger partial charge in [0.25, 0.3) is 0 Å². The van der Waals surface area contributed by atoms with Crippen molar-refractivity contribution in [3.05, 3.63) is 35.6 Å². The third-order valence-electron chi connectivity index (χ3n) is 4.40. The lowest BCUT2D eigenvalue weighted by Crippen LogP contribution is -2.34. The molecule has 5 heteroatoms. The lowest BCUT2D eigenvalue weighted by atomic mass is 10.0. The van der Waals surface area contributed by atoms with Crippen LogP contribution in [-0.2, 0) is 13.0 Å². The van der Waals surface area contributed by atoms with Crippen LogP contribution in [0.15, 0.2) is 28.7 Å². The highest BCUT2D eigenvalue weighted by molar-refractivity contribution is 5.82. The van der Waals surface area contributed by atoms with Crippen LogP contribution >= 0.6 is 0 Å². The maximum Gasteiger partial charge on any atom is 0.316 e. The summed E-state index contributed by atoms with van der Waals surface area (Å²) in [7, 11) is 3.37. The lowest BCUT2D eigenvalue weighted by Gasteiger charge is -2.25. The molecule has 0 radical (unpaired) electrons. The molecule has 2 aromatic rings. The van der Waals surface area contributed by atoms with Gasteiger partial charge in [-0.1, -0.05) is 25.1 Å². The van der Waals surface area contributed by atoms with Crippen molar-refractivity contribution in [3.63, 3.8) is 0 Å². The number of nitrogens with one attached hydrogen (secondary N) is 1. The number of hydrogen-bond donors (Lipinski definition) is 1. The first-order chi connectivity index (χ1) is 11.6. The van der Waals surface area contributed by atoms with Crippen molar-refractivity contribution in [2.45, 2.75) is 33.2 Å². The van der Waals surface area contributed by atoms with Crippen molar-refractivity contribution in [1.82, 2.24) is 15.1 Å². The van der Waals surface area contributed by atoms with E-state index in [1.165, 1.54) is 36.2 Å². The molecule has 132 valence electrons. The number of rotatable bonds is 3. The van der Waals surface area contributed by atoms with E-state index in [4.69, 9.17) is 4.42 Å². The van der Waals surface area contributed by atoms with Crippen LogP contribution in [0.4, 0.5) is 4.79 Å². The molecule has 0 bridgehead atoms. The maximum absolute atomic E-state index is 10.6. The zero-order valence-corrected chi connectivity index (χ0v) is 15.3. The Balaban J connectivity index is 0.000000224. The van der Waals surface area contributed by atoms with E-state index in [-0.39, 0.29) is 6.03 Å². The SMILES string of the molecule is CCCN1CCc2c(oc3ccccc23)C1.CCN(C)C(=O)NC. The van der Waals surface area contributed by atoms with Crippen molar-refractivity contribution in [2.24, 2.45) is 0 Å². The van der Waals surface area contributed by atoms with Gasteiger partial charge in [0.2, 0.25) is 0 Å². The number of nitrogens with zero attached hydrogens (tertiary/aromatic N) is 2. The van der Waals surface area contributed by atoms with Gasteiger partial charge in [0, 0.05) is 38.1 Å². The average molecular weight is 331 g/mol. The summed E-state index contributed by atoms with van der Waals surface area (Å²) in [6.45, 7) is 8.24. The summed E-state index contributed by atoms with van der Waals surface area (Å²) in [5.41, 5.74) is 2.48. The standard InChI is InChI=1S/C14H17NO.C5H12N2O/c1-2-8-15-9-7-12-11-5-3-4-6-13(11)16-14(12)10-15;1-4-7(3)5(8)6-2/h3-6H,2,7-10H2,1H3;4H2,1-3H3,(H,6,8). The third-order valence-corrected chi connectivity index (χ3v) is 4.40. The number of para-hydroxylation sites is 1. The summed E-state index contributed by atoms with van der Waals surface area (Å²) in [6, 6.07) is 8.34. The molecule has 1 aliphatic heterocycles. The van der Waals surface area contributed by atoms with E-state index in [1.54, 1.807) is 19.0 Å². The molecule has 0 unspecified atom stereocenters. The Kier molecular flexibility index (Phi) is 6.67. The van der Waals surface area contributed by atoms with Crippen LogP contribution in [-0.4, -0.2) is 49.6 Å². The van der Waals surface area contributed by atoms with E-state index in [0.29, 0.717) is 0 Å². The summed E-state index contributed by atoms with van der Waals surface area (Å²) < 4.78 is 5.93. The van der Waals surface area contributed by atoms with Gasteiger partial charge in [-0.15, -0.1) is 0 Å². The predicted molar refractivity (Wildman–Crippen MR) is 98.2 cm³/mol. The second-order valence-corrected chi connectivity index (χ2v) is 6.10. The normalized spacial score (nSPS) is 13.8. The number of amides is 2. The highest BCUT2D eigenvalue weighted by atomic mass is 16.3. The van der Waals surface area contributed by atoms with Gasteiger partial charge in [0.1, 0.15) is 11.3 Å². The molecule has 24 heavy (non-hydrogen) atoms. The van der Waals surface area contributed by atoms with E-state index in [2.05, 4.69) is 35.3 Å². The quantitative estimate of drug-likeness (QED) is 0.937. The fraction of sp³-hybridized carbons (Fsp3) is 0.526. The summed E-state index contributed by atoms with van der Waals surface area (Å²) in [6.07, 6.45) is 2.35. The second-order valence-electron chi connectivity index (χ2n) is 6.10. The highest BCUT2D eigenvalue weighted by Gasteiger charge is 2.21. The van der Waals surface area contributed by atoms with Crippen LogP contribution in [0.25, 0.3) is 11.0 Å². The van der Waals surface area contributed by atoms with Crippen LogP contribution in [0.3, 0.4) is 0 Å². The molecule has 1 aromatic heterocycles. The van der Waals surface area contributed by atoms with Crippen molar-refractivity contribution < 1.29 is 9.21 Å². The Morgan fingerprint density at radius 3 is 2.71 bits per heavy atom. The summed E-state index contributed by atoms with van der Waals surface area (Å²) >= 11 is 0. The minimum absolute atomic E-state index is 0.0347. The Morgan fingerprint density at radius 2 is 2.08 bits per heavy atom. The Morgan fingerprint density at radius 1 is 1.33 bits per heavy atom. The van der Waals surface area contributed by atoms with Crippen LogP contribution < -0.4 is 5.32 Å². The number of furan rings is 1. The Bertz CT molecular complexity index is 666. The van der Waals surface area contributed by atoms with Crippen LogP contribution in [0.2, 0.25) is 0 Å². The van der Waals surface area contributed by atoms with Gasteiger partial charge in [-0.2, -0.15) is 0 Å². The first-order valence-corrected chi connectivity index (χ1v) is 8.75. The first kappa shape index (κ1) is 18.3. The van der Waals surface area contributed by atoms with E-state index >= 15 is 0 Å². The largest absolute Gasteiger partial charge is 0.459 e. The molecule has 5 nitrogen and oxygen atoms in total. The number of hydrogen-bond acceptors (Lipinski definition) is 3. The van der Waals surface area contributed by atoms with Crippen LogP contribution in [0.1, 0.15) is 31.6 Å². The molecule has 0 saturated carbocycles. The molecule has 1 aromatic carbocycles. The van der Waals surface area contributed by atoms with Crippen molar-refractivity contribution in [2.75, 3.05) is 33.7 Å². The van der Waals surface area contributed by atoms with E-state index in [9.17, 15) is 4.79 Å². The smallest absolute Gasteiger partial charge is 0.316 e. The van der Waals surface area contributed by atoms with Gasteiger partial charge in [-0.05, 0) is 32.4 Å². The van der Waals surface area contributed by atoms with Crippen molar-refractivity contribution in [1.29, 1.82) is 0 Å². The molecule has 2 amide bonds. The zero-order chi connectivity index (χ0) is 17.5. The molecule has 2 heterocycles. The third kappa shape index (κ3) is 4.29. The van der Waals surface area contributed by atoms with Crippen molar-refractivity contribution in [3.8, 4) is 0 Å². The average Bonchev–Trinajstić information content (AvgIpc) is 2.99. The van der Waals surface area contributed by atoms with Crippen molar-refractivity contribution >= 4 is 17.0 Å². The highest BCUT2D eigenvalue weighted by Crippen LogP contribution is 2.30. The molecular formula is C19H29N3O2. The number of carbonyl (C=O) groups excluding carboxylic acids is 1. The monoisotopic (exact) mass is 331 g/mol. The predicted octanol–water partition coefficient (Wildman–Crippen LogP) is 3.48. The molecular weight excluding hydrogens is 302 g/mol. The summed E-state index contributed by atoms with van der Waals surface area (Å²) in [5, 5.41) is 3.82. The fourth-order valence-corrected chi connectivity index (χ4v) is 2.94. The number of carbonyl (C=O) groups is 1. The summed E-state index contributed by atoms with van der Waals surface area (Å²) in [4.78, 5) is 14.6. The van der Waals surface area contributed by atoms with Gasteiger partial charge < -0.3 is 14.6 Å². The molecule has 0 fully saturated rings. The van der Waals surface area contributed by atoms with E-state index < -0.39 is 0 Å². The zero-order valence-electron chi connectivity index (χ0n) is 15.3. The molecule has 3 rings (SSSR count). The molecule has 1 N–H and O–H groups in total. The lowest BCUT2D eigenvalue weighted by molar-refractivity contribution is 0.213. The minimum Gasteiger partial charge on any atom is -0.459 e. The van der Waals surface area contributed by atoms with E-state index in [0.717, 1.165) is 25.1 Å². The minimum atomic E-state index is -0.0347. The molecule has 0 atom stereocenters. The fourth-order valence-electron chi connectivity index (χ4n) is 2.94. The van der Waals surface area contributed by atoms with Gasteiger partial charge >= 0.3 is 6.03 Å². The topological polar surface area (TPSA) is 48.7 Å². The summed E-state index contributed by atoms with van der Waals surface area (Å²) in [5.74, 6) is 1.18. The van der Waals surface area contributed by atoms with E-state index in [1.807, 2.05) is 13.0 Å². The number of urea groups is 1. The number of fused-ring (bicyclic) bond motifs is 3. The second kappa shape index (κ2) is 8.73. The maximum atomic E-state index is 10.6. The molecule has 1 aliphatic rings. The van der Waals surface area contributed by atoms with Gasteiger partial charge in [0.15, 0.2) is 0 Å². The molecule has 0 aliphatic carbocycles. The van der Waals surface area contributed by atoms with Gasteiger partial charge in [-0.3, -0.25) is 4.90 Å². The van der Waals surface area contributed by atoms with Crippen LogP contribution in [0.5, 0.6) is 0 Å². The first-order valence-electron chi connectivity index (χ1n) is 8.75.